The third-order valence-electron chi connectivity index (χ3n) is 2.72. The molecule has 0 radical (unpaired) electrons. The number of rotatable bonds is 6. The molecule has 1 atom stereocenters. The van der Waals surface area contributed by atoms with Gasteiger partial charge in [0.15, 0.2) is 6.61 Å². The number of carbonyl (C=O) groups is 3. The van der Waals surface area contributed by atoms with E-state index in [2.05, 4.69) is 16.0 Å². The largest absolute Gasteiger partial charge is 0.484 e. The third-order valence-corrected chi connectivity index (χ3v) is 2.72. The van der Waals surface area contributed by atoms with Crippen LogP contribution in [0.3, 0.4) is 0 Å². The van der Waals surface area contributed by atoms with Crippen LogP contribution >= 0.6 is 0 Å². The van der Waals surface area contributed by atoms with Gasteiger partial charge in [-0.2, -0.15) is 0 Å². The second-order valence-electron chi connectivity index (χ2n) is 6.34. The quantitative estimate of drug-likeness (QED) is 0.616. The number of ether oxygens (including phenoxy) is 1. The Balaban J connectivity index is 2.59. The van der Waals surface area contributed by atoms with Crippen LogP contribution in [0.1, 0.15) is 27.7 Å². The highest BCUT2D eigenvalue weighted by atomic mass is 16.5. The SMILES string of the molecule is C[C@@H](Nc1cccc(OCC(N)=O)c1)C(=O)NC(=O)NC(C)(C)C. The number of hydrogen-bond acceptors (Lipinski definition) is 5. The molecule has 0 fully saturated rings. The standard InChI is InChI=1S/C16H24N4O4/c1-10(14(22)19-15(23)20-16(2,3)4)18-11-6-5-7-12(8-11)24-9-13(17)21/h5-8,10,18H,9H2,1-4H3,(H2,17,21)(H2,19,20,22,23)/t10-/m1/s1. The molecule has 0 aliphatic rings. The normalized spacial score (nSPS) is 12.0. The smallest absolute Gasteiger partial charge is 0.321 e. The van der Waals surface area contributed by atoms with Crippen molar-refractivity contribution in [2.45, 2.75) is 39.3 Å². The molecule has 5 N–H and O–H groups in total. The summed E-state index contributed by atoms with van der Waals surface area (Å²) in [5.41, 5.74) is 5.19. The third kappa shape index (κ3) is 7.48. The van der Waals surface area contributed by atoms with Gasteiger partial charge in [-0.15, -0.1) is 0 Å². The molecular weight excluding hydrogens is 312 g/mol. The lowest BCUT2D eigenvalue weighted by Gasteiger charge is -2.21. The number of carbonyl (C=O) groups excluding carboxylic acids is 3. The molecule has 1 rings (SSSR count). The second-order valence-corrected chi connectivity index (χ2v) is 6.34. The highest BCUT2D eigenvalue weighted by Crippen LogP contribution is 2.18. The van der Waals surface area contributed by atoms with Crippen LogP contribution < -0.4 is 26.4 Å². The molecule has 132 valence electrons. The zero-order chi connectivity index (χ0) is 18.3. The van der Waals surface area contributed by atoms with Crippen molar-refractivity contribution in [3.05, 3.63) is 24.3 Å². The average molecular weight is 336 g/mol. The van der Waals surface area contributed by atoms with E-state index in [4.69, 9.17) is 10.5 Å². The first-order valence-electron chi connectivity index (χ1n) is 7.47. The van der Waals surface area contributed by atoms with Crippen molar-refractivity contribution in [3.8, 4) is 5.75 Å². The van der Waals surface area contributed by atoms with Crippen molar-refractivity contribution < 1.29 is 19.1 Å². The first-order chi connectivity index (χ1) is 11.1. The van der Waals surface area contributed by atoms with E-state index in [1.165, 1.54) is 0 Å². The first-order valence-corrected chi connectivity index (χ1v) is 7.47. The van der Waals surface area contributed by atoms with Gasteiger partial charge in [-0.25, -0.2) is 4.79 Å². The topological polar surface area (TPSA) is 123 Å². The van der Waals surface area contributed by atoms with E-state index >= 15 is 0 Å². The van der Waals surface area contributed by atoms with Gasteiger partial charge in [0.25, 0.3) is 5.91 Å². The Labute approximate surface area is 141 Å². The molecule has 0 spiro atoms. The number of nitrogens with one attached hydrogen (secondary N) is 3. The molecule has 1 aromatic rings. The predicted octanol–water partition coefficient (Wildman–Crippen LogP) is 0.975. The summed E-state index contributed by atoms with van der Waals surface area (Å²) in [6, 6.07) is 5.52. The Morgan fingerprint density at radius 3 is 2.50 bits per heavy atom. The molecule has 0 aromatic heterocycles. The molecule has 0 aliphatic carbocycles. The van der Waals surface area contributed by atoms with E-state index in [9.17, 15) is 14.4 Å². The number of nitrogens with two attached hydrogens (primary N) is 1. The zero-order valence-corrected chi connectivity index (χ0v) is 14.3. The summed E-state index contributed by atoms with van der Waals surface area (Å²) >= 11 is 0. The summed E-state index contributed by atoms with van der Waals surface area (Å²) in [5, 5.41) is 7.86. The van der Waals surface area contributed by atoms with E-state index in [-0.39, 0.29) is 6.61 Å². The van der Waals surface area contributed by atoms with Gasteiger partial charge < -0.3 is 21.1 Å². The lowest BCUT2D eigenvalue weighted by atomic mass is 10.1. The number of anilines is 1. The van der Waals surface area contributed by atoms with Crippen molar-refractivity contribution in [2.75, 3.05) is 11.9 Å². The molecule has 4 amide bonds. The van der Waals surface area contributed by atoms with Gasteiger partial charge in [0.05, 0.1) is 0 Å². The summed E-state index contributed by atoms with van der Waals surface area (Å²) in [6.07, 6.45) is 0. The van der Waals surface area contributed by atoms with Gasteiger partial charge in [0.1, 0.15) is 11.8 Å². The number of urea groups is 1. The summed E-state index contributed by atoms with van der Waals surface area (Å²) in [5.74, 6) is -0.608. The highest BCUT2D eigenvalue weighted by molar-refractivity contribution is 5.98. The number of amides is 4. The van der Waals surface area contributed by atoms with Crippen molar-refractivity contribution in [3.63, 3.8) is 0 Å². The maximum absolute atomic E-state index is 12.0. The Bertz CT molecular complexity index is 610. The first kappa shape index (κ1) is 19.3. The number of hydrogen-bond donors (Lipinski definition) is 4. The molecule has 0 aliphatic heterocycles. The minimum absolute atomic E-state index is 0.230. The number of primary amides is 1. The maximum Gasteiger partial charge on any atom is 0.321 e. The molecule has 0 saturated heterocycles. The second kappa shape index (κ2) is 8.19. The number of imide groups is 1. The van der Waals surface area contributed by atoms with Crippen LogP contribution in [0.25, 0.3) is 0 Å². The van der Waals surface area contributed by atoms with Gasteiger partial charge in [-0.1, -0.05) is 6.07 Å². The Morgan fingerprint density at radius 2 is 1.92 bits per heavy atom. The Morgan fingerprint density at radius 1 is 1.25 bits per heavy atom. The van der Waals surface area contributed by atoms with E-state index in [1.807, 2.05) is 20.8 Å². The summed E-state index contributed by atoms with van der Waals surface area (Å²) in [6.45, 7) is 6.84. The summed E-state index contributed by atoms with van der Waals surface area (Å²) < 4.78 is 5.19. The zero-order valence-electron chi connectivity index (χ0n) is 14.3. The molecule has 0 saturated carbocycles. The lowest BCUT2D eigenvalue weighted by molar-refractivity contribution is -0.121. The maximum atomic E-state index is 12.0. The van der Waals surface area contributed by atoms with Crippen LogP contribution in [-0.2, 0) is 9.59 Å². The van der Waals surface area contributed by atoms with Gasteiger partial charge in [-0.05, 0) is 39.8 Å². The molecule has 24 heavy (non-hydrogen) atoms. The van der Waals surface area contributed by atoms with Crippen LogP contribution in [0.5, 0.6) is 5.75 Å². The van der Waals surface area contributed by atoms with Gasteiger partial charge in [0, 0.05) is 17.3 Å². The summed E-state index contributed by atoms with van der Waals surface area (Å²) in [4.78, 5) is 34.4. The molecular formula is C16H24N4O4. The van der Waals surface area contributed by atoms with Gasteiger partial charge >= 0.3 is 6.03 Å². The average Bonchev–Trinajstić information content (AvgIpc) is 2.43. The van der Waals surface area contributed by atoms with Crippen molar-refractivity contribution in [2.24, 2.45) is 5.73 Å². The molecule has 8 nitrogen and oxygen atoms in total. The van der Waals surface area contributed by atoms with E-state index in [0.29, 0.717) is 11.4 Å². The van der Waals surface area contributed by atoms with Gasteiger partial charge in [0.2, 0.25) is 5.91 Å². The van der Waals surface area contributed by atoms with Crippen LogP contribution in [0.15, 0.2) is 24.3 Å². The number of benzene rings is 1. The molecule has 0 unspecified atom stereocenters. The van der Waals surface area contributed by atoms with E-state index in [1.54, 1.807) is 31.2 Å². The molecule has 1 aromatic carbocycles. The lowest BCUT2D eigenvalue weighted by Crippen LogP contribution is -2.51. The minimum atomic E-state index is -0.651. The predicted molar refractivity (Wildman–Crippen MR) is 90.6 cm³/mol. The van der Waals surface area contributed by atoms with Crippen molar-refractivity contribution in [1.82, 2.24) is 10.6 Å². The molecule has 0 bridgehead atoms. The highest BCUT2D eigenvalue weighted by Gasteiger charge is 2.19. The van der Waals surface area contributed by atoms with Crippen LogP contribution in [0, 0.1) is 0 Å². The monoisotopic (exact) mass is 336 g/mol. The summed E-state index contributed by atoms with van der Waals surface area (Å²) in [7, 11) is 0. The molecule has 8 heteroatoms. The van der Waals surface area contributed by atoms with Crippen molar-refractivity contribution in [1.29, 1.82) is 0 Å². The van der Waals surface area contributed by atoms with Crippen molar-refractivity contribution >= 4 is 23.5 Å². The fraction of sp³-hybridized carbons (Fsp3) is 0.438. The van der Waals surface area contributed by atoms with Crippen LogP contribution in [-0.4, -0.2) is 36.0 Å². The Kier molecular flexibility index (Phi) is 6.58. The fourth-order valence-electron chi connectivity index (χ4n) is 1.74. The van der Waals surface area contributed by atoms with Crippen LogP contribution in [0.2, 0.25) is 0 Å². The van der Waals surface area contributed by atoms with E-state index in [0.717, 1.165) is 0 Å². The van der Waals surface area contributed by atoms with Gasteiger partial charge in [-0.3, -0.25) is 14.9 Å². The fourth-order valence-corrected chi connectivity index (χ4v) is 1.74. The molecule has 0 heterocycles. The minimum Gasteiger partial charge on any atom is -0.484 e. The van der Waals surface area contributed by atoms with E-state index < -0.39 is 29.4 Å². The Hall–Kier alpha value is -2.77. The van der Waals surface area contributed by atoms with Crippen LogP contribution in [0.4, 0.5) is 10.5 Å².